The van der Waals surface area contributed by atoms with E-state index in [4.69, 9.17) is 0 Å². The fourth-order valence-electron chi connectivity index (χ4n) is 1.59. The van der Waals surface area contributed by atoms with Gasteiger partial charge in [0.2, 0.25) is 0 Å². The standard InChI is InChI=1S/C9H18O2Si2/c1-12(2,3)8-13(4,5)7-6-9(10)11/h8H2,1-5H3,(H,10,11)/p-1. The van der Waals surface area contributed by atoms with Crippen LogP contribution in [-0.2, 0) is 4.79 Å². The van der Waals surface area contributed by atoms with Crippen molar-refractivity contribution in [1.82, 2.24) is 0 Å². The van der Waals surface area contributed by atoms with Gasteiger partial charge in [0.05, 0.1) is 0 Å². The van der Waals surface area contributed by atoms with Gasteiger partial charge in [-0.3, -0.25) is 0 Å². The smallest absolute Gasteiger partial charge is 0.130 e. The molecule has 0 aromatic rings. The van der Waals surface area contributed by atoms with Crippen molar-refractivity contribution in [2.24, 2.45) is 0 Å². The van der Waals surface area contributed by atoms with Crippen LogP contribution in [0.3, 0.4) is 0 Å². The molecule has 0 aromatic carbocycles. The summed E-state index contributed by atoms with van der Waals surface area (Å²) >= 11 is 0. The number of aliphatic carboxylic acids is 1. The van der Waals surface area contributed by atoms with Gasteiger partial charge in [0.15, 0.2) is 0 Å². The second-order valence-electron chi connectivity index (χ2n) is 5.16. The monoisotopic (exact) mass is 213 g/mol. The summed E-state index contributed by atoms with van der Waals surface area (Å²) < 4.78 is 0. The van der Waals surface area contributed by atoms with E-state index in [1.807, 2.05) is 0 Å². The van der Waals surface area contributed by atoms with Crippen LogP contribution in [0.4, 0.5) is 0 Å². The summed E-state index contributed by atoms with van der Waals surface area (Å²) in [5, 5.41) is 10.2. The summed E-state index contributed by atoms with van der Waals surface area (Å²) in [5.74, 6) is 0.894. The van der Waals surface area contributed by atoms with E-state index in [0.717, 1.165) is 5.67 Å². The van der Waals surface area contributed by atoms with Crippen LogP contribution >= 0.6 is 0 Å². The van der Waals surface area contributed by atoms with Crippen LogP contribution in [0.15, 0.2) is 0 Å². The Kier molecular flexibility index (Phi) is 3.95. The lowest BCUT2D eigenvalue weighted by molar-refractivity contribution is -0.295. The zero-order valence-corrected chi connectivity index (χ0v) is 11.0. The highest BCUT2D eigenvalue weighted by molar-refractivity contribution is 6.98. The molecule has 13 heavy (non-hydrogen) atoms. The Morgan fingerprint density at radius 2 is 1.69 bits per heavy atom. The van der Waals surface area contributed by atoms with E-state index in [1.54, 1.807) is 0 Å². The summed E-state index contributed by atoms with van der Waals surface area (Å²) in [4.78, 5) is 10.2. The molecule has 0 atom stereocenters. The highest BCUT2D eigenvalue weighted by Gasteiger charge is 2.26. The number of hydrogen-bond donors (Lipinski definition) is 0. The second-order valence-corrected chi connectivity index (χ2v) is 15.7. The van der Waals surface area contributed by atoms with Gasteiger partial charge in [0.25, 0.3) is 0 Å². The molecule has 0 fully saturated rings. The Morgan fingerprint density at radius 1 is 1.23 bits per heavy atom. The number of carbonyl (C=O) groups excluding carboxylic acids is 1. The van der Waals surface area contributed by atoms with Crippen LogP contribution in [0.25, 0.3) is 0 Å². The minimum Gasteiger partial charge on any atom is -0.537 e. The van der Waals surface area contributed by atoms with Gasteiger partial charge in [-0.15, -0.1) is 5.54 Å². The molecule has 0 aliphatic carbocycles. The first-order valence-electron chi connectivity index (χ1n) is 4.37. The third kappa shape index (κ3) is 7.81. The van der Waals surface area contributed by atoms with E-state index in [-0.39, 0.29) is 0 Å². The Balaban J connectivity index is 4.44. The van der Waals surface area contributed by atoms with E-state index >= 15 is 0 Å². The Morgan fingerprint density at radius 3 is 2.00 bits per heavy atom. The number of rotatable bonds is 2. The van der Waals surface area contributed by atoms with E-state index in [2.05, 4.69) is 44.2 Å². The van der Waals surface area contributed by atoms with Crippen LogP contribution in [0.5, 0.6) is 0 Å². The molecule has 0 aromatic heterocycles. The molecule has 0 N–H and O–H groups in total. The lowest BCUT2D eigenvalue weighted by Gasteiger charge is -2.24. The minimum atomic E-state index is -1.62. The number of carboxylic acids is 1. The maximum atomic E-state index is 10.2. The zero-order chi connectivity index (χ0) is 10.7. The Labute approximate surface area is 82.4 Å². The molecule has 0 aliphatic rings. The van der Waals surface area contributed by atoms with Crippen molar-refractivity contribution in [2.45, 2.75) is 38.4 Å². The van der Waals surface area contributed by atoms with Crippen molar-refractivity contribution in [3.05, 3.63) is 0 Å². The molecule has 0 saturated heterocycles. The lowest BCUT2D eigenvalue weighted by atomic mass is 10.7. The first-order chi connectivity index (χ1) is 5.62. The van der Waals surface area contributed by atoms with Crippen molar-refractivity contribution in [1.29, 1.82) is 0 Å². The fraction of sp³-hybridized carbons (Fsp3) is 0.667. The van der Waals surface area contributed by atoms with Crippen molar-refractivity contribution >= 4 is 22.1 Å². The molecule has 0 unspecified atom stereocenters. The first-order valence-corrected chi connectivity index (χ1v) is 11.3. The molecule has 0 spiro atoms. The lowest BCUT2D eigenvalue weighted by Crippen LogP contribution is -2.36. The fourth-order valence-corrected chi connectivity index (χ4v) is 13.0. The normalized spacial score (nSPS) is 11.8. The summed E-state index contributed by atoms with van der Waals surface area (Å²) in [6.45, 7) is 11.1. The molecular formula is C9H17O2Si2-. The molecular weight excluding hydrogens is 196 g/mol. The van der Waals surface area contributed by atoms with Gasteiger partial charge in [0, 0.05) is 8.07 Å². The number of carbonyl (C=O) groups is 1. The van der Waals surface area contributed by atoms with Crippen LogP contribution in [0, 0.1) is 11.5 Å². The summed E-state index contributed by atoms with van der Waals surface area (Å²) in [6, 6.07) is 0. The Bertz CT molecular complexity index is 253. The molecule has 0 rings (SSSR count). The largest absolute Gasteiger partial charge is 0.537 e. The Hall–Kier alpha value is -0.536. The highest BCUT2D eigenvalue weighted by Crippen LogP contribution is 2.18. The molecule has 0 aliphatic heterocycles. The third-order valence-corrected chi connectivity index (χ3v) is 10.1. The van der Waals surface area contributed by atoms with Gasteiger partial charge in [-0.05, 0) is 0 Å². The predicted octanol–water partition coefficient (Wildman–Crippen LogP) is 0.865. The van der Waals surface area contributed by atoms with Crippen molar-refractivity contribution in [3.63, 3.8) is 0 Å². The molecule has 0 saturated carbocycles. The molecule has 2 nitrogen and oxygen atoms in total. The van der Waals surface area contributed by atoms with Gasteiger partial charge in [0.1, 0.15) is 14.0 Å². The molecule has 0 radical (unpaired) electrons. The van der Waals surface area contributed by atoms with E-state index in [0.29, 0.717) is 0 Å². The molecule has 0 bridgehead atoms. The van der Waals surface area contributed by atoms with Crippen LogP contribution in [0.1, 0.15) is 0 Å². The average Bonchev–Trinajstić information content (AvgIpc) is 1.78. The third-order valence-electron chi connectivity index (χ3n) is 1.48. The molecule has 74 valence electrons. The van der Waals surface area contributed by atoms with Crippen molar-refractivity contribution in [3.8, 4) is 11.5 Å². The number of hydrogen-bond acceptors (Lipinski definition) is 2. The summed E-state index contributed by atoms with van der Waals surface area (Å²) in [7, 11) is -2.74. The maximum Gasteiger partial charge on any atom is 0.130 e. The van der Waals surface area contributed by atoms with Crippen molar-refractivity contribution in [2.75, 3.05) is 0 Å². The second kappa shape index (κ2) is 4.12. The SMILES string of the molecule is C[Si](C)(C)C[Si](C)(C)C#CC(=O)[O-]. The highest BCUT2D eigenvalue weighted by atomic mass is 28.4. The number of carboxylic acid groups (broad SMARTS) is 1. The van der Waals surface area contributed by atoms with Gasteiger partial charge in [-0.1, -0.05) is 44.3 Å². The van der Waals surface area contributed by atoms with Gasteiger partial charge >= 0.3 is 0 Å². The molecule has 0 heterocycles. The zero-order valence-electron chi connectivity index (χ0n) is 9.02. The average molecular weight is 213 g/mol. The quantitative estimate of drug-likeness (QED) is 0.504. The molecule has 4 heteroatoms. The van der Waals surface area contributed by atoms with E-state index in [1.165, 1.54) is 0 Å². The maximum absolute atomic E-state index is 10.2. The van der Waals surface area contributed by atoms with E-state index < -0.39 is 22.1 Å². The minimum absolute atomic E-state index is 1.12. The van der Waals surface area contributed by atoms with Crippen LogP contribution in [-0.4, -0.2) is 22.1 Å². The van der Waals surface area contributed by atoms with Crippen LogP contribution < -0.4 is 5.11 Å². The predicted molar refractivity (Wildman–Crippen MR) is 58.4 cm³/mol. The summed E-state index contributed by atoms with van der Waals surface area (Å²) in [5.41, 5.74) is 4.02. The topological polar surface area (TPSA) is 40.1 Å². The van der Waals surface area contributed by atoms with Crippen LogP contribution in [0.2, 0.25) is 38.4 Å². The van der Waals surface area contributed by atoms with Crippen molar-refractivity contribution < 1.29 is 9.90 Å². The van der Waals surface area contributed by atoms with Gasteiger partial charge in [-0.25, -0.2) is 0 Å². The summed E-state index contributed by atoms with van der Waals surface area (Å²) in [6.07, 6.45) is 0. The first kappa shape index (κ1) is 12.5. The molecule has 0 amide bonds. The van der Waals surface area contributed by atoms with E-state index in [9.17, 15) is 9.90 Å². The van der Waals surface area contributed by atoms with Gasteiger partial charge in [-0.2, -0.15) is 0 Å². The van der Waals surface area contributed by atoms with Gasteiger partial charge < -0.3 is 9.90 Å².